The minimum atomic E-state index is -0.944. The molecule has 3 saturated heterocycles. The number of halogens is 2. The van der Waals surface area contributed by atoms with E-state index in [2.05, 4.69) is 17.3 Å². The lowest BCUT2D eigenvalue weighted by Crippen LogP contribution is -2.56. The molecule has 192 valence electrons. The van der Waals surface area contributed by atoms with Crippen LogP contribution in [0.1, 0.15) is 57.4 Å². The van der Waals surface area contributed by atoms with Crippen molar-refractivity contribution in [2.75, 3.05) is 33.2 Å². The van der Waals surface area contributed by atoms with E-state index in [0.29, 0.717) is 44.9 Å². The molecule has 0 aromatic heterocycles. The van der Waals surface area contributed by atoms with E-state index in [1.165, 1.54) is 11.0 Å². The zero-order chi connectivity index (χ0) is 25.2. The minimum Gasteiger partial charge on any atom is -0.342 e. The molecule has 3 aliphatic rings. The summed E-state index contributed by atoms with van der Waals surface area (Å²) in [7, 11) is 2.08. The molecule has 0 bridgehead atoms. The number of carbonyl (C=O) groups excluding carboxylic acids is 3. The van der Waals surface area contributed by atoms with Gasteiger partial charge in [-0.25, -0.2) is 13.6 Å². The van der Waals surface area contributed by atoms with Gasteiger partial charge in [-0.05, 0) is 70.2 Å². The van der Waals surface area contributed by atoms with E-state index in [-0.39, 0.29) is 35.7 Å². The highest BCUT2D eigenvalue weighted by Crippen LogP contribution is 2.37. The van der Waals surface area contributed by atoms with Crippen molar-refractivity contribution in [3.63, 3.8) is 0 Å². The summed E-state index contributed by atoms with van der Waals surface area (Å²) in [5.74, 6) is -2.02. The first-order chi connectivity index (χ1) is 16.8. The fourth-order valence-corrected chi connectivity index (χ4v) is 6.10. The summed E-state index contributed by atoms with van der Waals surface area (Å²) in [6.07, 6.45) is 5.08. The van der Waals surface area contributed by atoms with Crippen molar-refractivity contribution in [2.45, 2.75) is 69.9 Å². The number of rotatable bonds is 8. The number of piperidine rings is 1. The van der Waals surface area contributed by atoms with Crippen LogP contribution in [0.3, 0.4) is 0 Å². The van der Waals surface area contributed by atoms with Crippen LogP contribution in [0.5, 0.6) is 0 Å². The Kier molecular flexibility index (Phi) is 7.73. The van der Waals surface area contributed by atoms with E-state index in [9.17, 15) is 23.2 Å². The van der Waals surface area contributed by atoms with Gasteiger partial charge in [0.15, 0.2) is 0 Å². The molecule has 1 N–H and O–H groups in total. The first-order valence-corrected chi connectivity index (χ1v) is 12.8. The van der Waals surface area contributed by atoms with Gasteiger partial charge in [-0.2, -0.15) is 0 Å². The number of nitrogens with one attached hydrogen (secondary N) is 1. The van der Waals surface area contributed by atoms with Gasteiger partial charge in [0, 0.05) is 31.2 Å². The summed E-state index contributed by atoms with van der Waals surface area (Å²) < 4.78 is 28.0. The maximum atomic E-state index is 14.0. The number of benzene rings is 1. The molecule has 0 aliphatic carbocycles. The lowest BCUT2D eigenvalue weighted by atomic mass is 9.74. The van der Waals surface area contributed by atoms with E-state index in [0.717, 1.165) is 44.4 Å². The van der Waals surface area contributed by atoms with Crippen LogP contribution in [-0.4, -0.2) is 77.4 Å². The van der Waals surface area contributed by atoms with Crippen LogP contribution in [-0.2, 0) is 16.0 Å². The Balaban J connectivity index is 1.39. The molecule has 1 aromatic rings. The molecule has 9 heteroatoms. The van der Waals surface area contributed by atoms with E-state index < -0.39 is 17.2 Å². The average molecular weight is 491 g/mol. The zero-order valence-corrected chi connectivity index (χ0v) is 20.7. The topological polar surface area (TPSA) is 73.0 Å². The molecule has 3 fully saturated rings. The van der Waals surface area contributed by atoms with Crippen molar-refractivity contribution in [1.29, 1.82) is 0 Å². The SMILES string of the molecule is CCC[C@@]1(C2CCN(C(=O)Cc3c(F)cccc3F)CC2)NC(=O)N(CC[C@@H]2CCCN2C)C1=O. The Morgan fingerprint density at radius 2 is 1.80 bits per heavy atom. The molecule has 0 radical (unpaired) electrons. The van der Waals surface area contributed by atoms with Crippen LogP contribution in [0.25, 0.3) is 0 Å². The molecule has 4 amide bonds. The van der Waals surface area contributed by atoms with Crippen LogP contribution < -0.4 is 5.32 Å². The van der Waals surface area contributed by atoms with Crippen LogP contribution in [0.4, 0.5) is 13.6 Å². The highest BCUT2D eigenvalue weighted by Gasteiger charge is 2.55. The van der Waals surface area contributed by atoms with Gasteiger partial charge in [-0.1, -0.05) is 19.4 Å². The number of hydrogen-bond acceptors (Lipinski definition) is 4. The van der Waals surface area contributed by atoms with Gasteiger partial charge in [-0.15, -0.1) is 0 Å². The van der Waals surface area contributed by atoms with Gasteiger partial charge in [0.05, 0.1) is 6.42 Å². The van der Waals surface area contributed by atoms with Crippen LogP contribution in [0.15, 0.2) is 18.2 Å². The normalized spacial score (nSPS) is 26.0. The Labute approximate surface area is 205 Å². The molecule has 0 unspecified atom stereocenters. The number of hydrogen-bond donors (Lipinski definition) is 1. The molecule has 35 heavy (non-hydrogen) atoms. The van der Waals surface area contributed by atoms with Crippen LogP contribution in [0.2, 0.25) is 0 Å². The smallest absolute Gasteiger partial charge is 0.325 e. The second-order valence-corrected chi connectivity index (χ2v) is 10.2. The average Bonchev–Trinajstić information content (AvgIpc) is 3.35. The van der Waals surface area contributed by atoms with Gasteiger partial charge in [0.1, 0.15) is 17.2 Å². The molecular formula is C26H36F2N4O3. The molecule has 4 rings (SSSR count). The predicted molar refractivity (Wildman–Crippen MR) is 128 cm³/mol. The number of amides is 4. The third kappa shape index (κ3) is 5.06. The Bertz CT molecular complexity index is 946. The highest BCUT2D eigenvalue weighted by molar-refractivity contribution is 6.07. The maximum Gasteiger partial charge on any atom is 0.325 e. The molecule has 3 aliphatic heterocycles. The van der Waals surface area contributed by atoms with Gasteiger partial charge in [-0.3, -0.25) is 14.5 Å². The second-order valence-electron chi connectivity index (χ2n) is 10.2. The van der Waals surface area contributed by atoms with E-state index in [4.69, 9.17) is 0 Å². The van der Waals surface area contributed by atoms with Crippen LogP contribution in [0, 0.1) is 17.6 Å². The third-order valence-electron chi connectivity index (χ3n) is 8.14. The van der Waals surface area contributed by atoms with Gasteiger partial charge < -0.3 is 15.1 Å². The monoisotopic (exact) mass is 490 g/mol. The minimum absolute atomic E-state index is 0.0905. The summed E-state index contributed by atoms with van der Waals surface area (Å²) in [5.41, 5.74) is -1.16. The molecule has 0 saturated carbocycles. The molecular weight excluding hydrogens is 454 g/mol. The largest absolute Gasteiger partial charge is 0.342 e. The zero-order valence-electron chi connectivity index (χ0n) is 20.7. The fourth-order valence-electron chi connectivity index (χ4n) is 6.10. The lowest BCUT2D eigenvalue weighted by Gasteiger charge is -2.41. The van der Waals surface area contributed by atoms with Gasteiger partial charge >= 0.3 is 6.03 Å². The summed E-state index contributed by atoms with van der Waals surface area (Å²) in [5, 5.41) is 3.04. The molecule has 3 heterocycles. The molecule has 1 aromatic carbocycles. The van der Waals surface area contributed by atoms with Crippen molar-refractivity contribution in [1.82, 2.24) is 20.0 Å². The first-order valence-electron chi connectivity index (χ1n) is 12.8. The van der Waals surface area contributed by atoms with Gasteiger partial charge in [0.2, 0.25) is 5.91 Å². The van der Waals surface area contributed by atoms with Crippen molar-refractivity contribution in [2.24, 2.45) is 5.92 Å². The summed E-state index contributed by atoms with van der Waals surface area (Å²) in [6.45, 7) is 4.24. The summed E-state index contributed by atoms with van der Waals surface area (Å²) in [6, 6.07) is 3.65. The van der Waals surface area contributed by atoms with Crippen molar-refractivity contribution >= 4 is 17.8 Å². The fraction of sp³-hybridized carbons (Fsp3) is 0.654. The van der Waals surface area contributed by atoms with E-state index in [1.54, 1.807) is 4.90 Å². The van der Waals surface area contributed by atoms with Crippen LogP contribution >= 0.6 is 0 Å². The second kappa shape index (κ2) is 10.6. The number of carbonyl (C=O) groups is 3. The lowest BCUT2D eigenvalue weighted by molar-refractivity contribution is -0.136. The summed E-state index contributed by atoms with van der Waals surface area (Å²) >= 11 is 0. The standard InChI is InChI=1S/C26H36F2N4O3/c1-3-12-26(24(34)32(25(35)29-26)16-11-19-6-5-13-30(19)2)18-9-14-31(15-10-18)23(33)17-20-21(27)7-4-8-22(20)28/h4,7-8,18-19H,3,5-6,9-17H2,1-2H3,(H,29,35)/t19-,26-/m0/s1. The summed E-state index contributed by atoms with van der Waals surface area (Å²) in [4.78, 5) is 44.5. The quantitative estimate of drug-likeness (QED) is 0.568. The Hall–Kier alpha value is -2.55. The number of urea groups is 1. The Morgan fingerprint density at radius 3 is 2.40 bits per heavy atom. The van der Waals surface area contributed by atoms with Gasteiger partial charge in [0.25, 0.3) is 5.91 Å². The highest BCUT2D eigenvalue weighted by atomic mass is 19.1. The Morgan fingerprint density at radius 1 is 1.11 bits per heavy atom. The number of nitrogens with zero attached hydrogens (tertiary/aromatic N) is 3. The van der Waals surface area contributed by atoms with E-state index >= 15 is 0 Å². The van der Waals surface area contributed by atoms with Crippen molar-refractivity contribution in [3.05, 3.63) is 35.4 Å². The maximum absolute atomic E-state index is 14.0. The van der Waals surface area contributed by atoms with E-state index in [1.807, 2.05) is 6.92 Å². The first kappa shape index (κ1) is 25.5. The number of likely N-dealkylation sites (tertiary alicyclic amines) is 2. The number of imide groups is 1. The van der Waals surface area contributed by atoms with Crippen molar-refractivity contribution < 1.29 is 23.2 Å². The third-order valence-corrected chi connectivity index (χ3v) is 8.14. The molecule has 7 nitrogen and oxygen atoms in total. The van der Waals surface area contributed by atoms with Crippen molar-refractivity contribution in [3.8, 4) is 0 Å². The molecule has 2 atom stereocenters. The molecule has 0 spiro atoms. The predicted octanol–water partition coefficient (Wildman–Crippen LogP) is 3.32.